The van der Waals surface area contributed by atoms with Crippen LogP contribution in [0.5, 0.6) is 0 Å². The first kappa shape index (κ1) is 20.8. The number of nitrogens with zero attached hydrogens (tertiary/aromatic N) is 2. The van der Waals surface area contributed by atoms with Gasteiger partial charge in [-0.2, -0.15) is 0 Å². The van der Waals surface area contributed by atoms with Gasteiger partial charge < -0.3 is 10.2 Å². The number of amides is 1. The van der Waals surface area contributed by atoms with E-state index in [4.69, 9.17) is 0 Å². The molecule has 1 N–H and O–H groups in total. The van der Waals surface area contributed by atoms with Crippen LogP contribution in [0.25, 0.3) is 10.6 Å². The standard InChI is InChI=1S/C16H18FN3OS.2ClH/c1-11-9-20(6-5-18-11)15(21)8-14-10-22-16(19-14)12-3-2-4-13(17)7-12;;/h2-4,7,10-11,18H,5-6,8-9H2,1H3;2*1H. The van der Waals surface area contributed by atoms with Crippen LogP contribution in [0, 0.1) is 5.82 Å². The van der Waals surface area contributed by atoms with Gasteiger partial charge >= 0.3 is 0 Å². The number of halogens is 3. The van der Waals surface area contributed by atoms with Crippen LogP contribution < -0.4 is 5.32 Å². The molecule has 2 heterocycles. The SMILES string of the molecule is CC1CN(C(=O)Cc2csc(-c3cccc(F)c3)n2)CCN1.Cl.Cl. The highest BCUT2D eigenvalue weighted by Crippen LogP contribution is 2.24. The predicted molar refractivity (Wildman–Crippen MR) is 99.8 cm³/mol. The van der Waals surface area contributed by atoms with E-state index in [9.17, 15) is 9.18 Å². The maximum Gasteiger partial charge on any atom is 0.228 e. The molecule has 1 aliphatic rings. The normalized spacial score (nSPS) is 16.9. The maximum absolute atomic E-state index is 13.3. The Bertz CT molecular complexity index is 683. The quantitative estimate of drug-likeness (QED) is 0.873. The van der Waals surface area contributed by atoms with E-state index in [0.29, 0.717) is 12.5 Å². The van der Waals surface area contributed by atoms with Gasteiger partial charge in [-0.3, -0.25) is 4.79 Å². The van der Waals surface area contributed by atoms with Gasteiger partial charge in [0.05, 0.1) is 12.1 Å². The molecule has 2 aromatic rings. The van der Waals surface area contributed by atoms with E-state index in [-0.39, 0.29) is 36.5 Å². The first-order valence-electron chi connectivity index (χ1n) is 7.33. The summed E-state index contributed by atoms with van der Waals surface area (Å²) in [6, 6.07) is 6.69. The Morgan fingerprint density at radius 3 is 2.96 bits per heavy atom. The number of hydrogen-bond donors (Lipinski definition) is 1. The number of hydrogen-bond acceptors (Lipinski definition) is 4. The molecule has 0 aliphatic carbocycles. The second kappa shape index (κ2) is 9.32. The number of aromatic nitrogens is 1. The van der Waals surface area contributed by atoms with Crippen LogP contribution in [0.1, 0.15) is 12.6 Å². The lowest BCUT2D eigenvalue weighted by molar-refractivity contribution is -0.131. The monoisotopic (exact) mass is 391 g/mol. The molecule has 1 amide bonds. The molecule has 0 spiro atoms. The summed E-state index contributed by atoms with van der Waals surface area (Å²) in [5.41, 5.74) is 1.50. The summed E-state index contributed by atoms with van der Waals surface area (Å²) in [4.78, 5) is 18.7. The van der Waals surface area contributed by atoms with Crippen molar-refractivity contribution in [1.82, 2.24) is 15.2 Å². The molecule has 1 atom stereocenters. The number of thiazole rings is 1. The number of nitrogens with one attached hydrogen (secondary N) is 1. The lowest BCUT2D eigenvalue weighted by atomic mass is 10.2. The fourth-order valence-corrected chi connectivity index (χ4v) is 3.38. The topological polar surface area (TPSA) is 45.2 Å². The molecule has 0 saturated carbocycles. The van der Waals surface area contributed by atoms with Crippen molar-refractivity contribution in [3.05, 3.63) is 41.2 Å². The third-order valence-corrected chi connectivity index (χ3v) is 4.62. The second-order valence-electron chi connectivity index (χ2n) is 5.53. The number of benzene rings is 1. The Hall–Kier alpha value is -1.21. The second-order valence-corrected chi connectivity index (χ2v) is 6.38. The molecule has 0 bridgehead atoms. The molecular weight excluding hydrogens is 372 g/mol. The van der Waals surface area contributed by atoms with Crippen molar-refractivity contribution >= 4 is 42.1 Å². The first-order valence-corrected chi connectivity index (χ1v) is 8.21. The molecule has 1 aromatic heterocycles. The average Bonchev–Trinajstić information content (AvgIpc) is 2.96. The van der Waals surface area contributed by atoms with Gasteiger partial charge in [0, 0.05) is 36.6 Å². The van der Waals surface area contributed by atoms with E-state index in [1.165, 1.54) is 23.5 Å². The summed E-state index contributed by atoms with van der Waals surface area (Å²) < 4.78 is 13.3. The summed E-state index contributed by atoms with van der Waals surface area (Å²) >= 11 is 1.44. The average molecular weight is 392 g/mol. The highest BCUT2D eigenvalue weighted by molar-refractivity contribution is 7.13. The van der Waals surface area contributed by atoms with Crippen molar-refractivity contribution in [1.29, 1.82) is 0 Å². The molecule has 3 rings (SSSR count). The third-order valence-electron chi connectivity index (χ3n) is 3.68. The summed E-state index contributed by atoms with van der Waals surface area (Å²) in [6.45, 7) is 4.38. The van der Waals surface area contributed by atoms with E-state index >= 15 is 0 Å². The van der Waals surface area contributed by atoms with Crippen molar-refractivity contribution in [2.45, 2.75) is 19.4 Å². The molecule has 8 heteroatoms. The lowest BCUT2D eigenvalue weighted by Gasteiger charge is -2.31. The highest BCUT2D eigenvalue weighted by atomic mass is 35.5. The van der Waals surface area contributed by atoms with Gasteiger partial charge in [-0.1, -0.05) is 12.1 Å². The molecule has 1 unspecified atom stereocenters. The number of carbonyl (C=O) groups excluding carboxylic acids is 1. The van der Waals surface area contributed by atoms with Crippen molar-refractivity contribution in [3.8, 4) is 10.6 Å². The van der Waals surface area contributed by atoms with Gasteiger partial charge in [0.2, 0.25) is 5.91 Å². The smallest absolute Gasteiger partial charge is 0.228 e. The summed E-state index contributed by atoms with van der Waals surface area (Å²) in [5.74, 6) is -0.176. The zero-order chi connectivity index (χ0) is 15.5. The van der Waals surface area contributed by atoms with E-state index in [0.717, 1.165) is 35.9 Å². The highest BCUT2D eigenvalue weighted by Gasteiger charge is 2.21. The molecule has 0 radical (unpaired) electrons. The van der Waals surface area contributed by atoms with Gasteiger partial charge in [-0.15, -0.1) is 36.2 Å². The fraction of sp³-hybridized carbons (Fsp3) is 0.375. The lowest BCUT2D eigenvalue weighted by Crippen LogP contribution is -2.51. The van der Waals surface area contributed by atoms with E-state index in [1.54, 1.807) is 6.07 Å². The van der Waals surface area contributed by atoms with E-state index < -0.39 is 0 Å². The van der Waals surface area contributed by atoms with E-state index in [1.807, 2.05) is 16.3 Å². The molecule has 132 valence electrons. The van der Waals surface area contributed by atoms with Gasteiger partial charge in [0.1, 0.15) is 10.8 Å². The zero-order valence-electron chi connectivity index (χ0n) is 13.2. The van der Waals surface area contributed by atoms with Crippen molar-refractivity contribution in [2.75, 3.05) is 19.6 Å². The molecule has 1 saturated heterocycles. The van der Waals surface area contributed by atoms with Crippen molar-refractivity contribution in [3.63, 3.8) is 0 Å². The number of piperazine rings is 1. The molecule has 1 aromatic carbocycles. The molecule has 4 nitrogen and oxygen atoms in total. The van der Waals surface area contributed by atoms with Gasteiger partial charge in [-0.25, -0.2) is 9.37 Å². The molecule has 1 fully saturated rings. The Labute approximate surface area is 157 Å². The maximum atomic E-state index is 13.3. The fourth-order valence-electron chi connectivity index (χ4n) is 2.57. The largest absolute Gasteiger partial charge is 0.340 e. The van der Waals surface area contributed by atoms with Crippen LogP contribution in [-0.4, -0.2) is 41.5 Å². The van der Waals surface area contributed by atoms with Crippen LogP contribution >= 0.6 is 36.2 Å². The molecular formula is C16H20Cl2FN3OS. The Kier molecular flexibility index (Phi) is 8.09. The number of rotatable bonds is 3. The summed E-state index contributed by atoms with van der Waals surface area (Å²) in [6.07, 6.45) is 0.304. The van der Waals surface area contributed by atoms with Crippen LogP contribution in [0.2, 0.25) is 0 Å². The zero-order valence-corrected chi connectivity index (χ0v) is 15.6. The predicted octanol–water partition coefficient (Wildman–Crippen LogP) is 3.16. The van der Waals surface area contributed by atoms with Gasteiger partial charge in [0.15, 0.2) is 0 Å². The molecule has 24 heavy (non-hydrogen) atoms. The van der Waals surface area contributed by atoms with Crippen LogP contribution in [0.4, 0.5) is 4.39 Å². The Balaban J connectivity index is 0.00000144. The summed E-state index contributed by atoms with van der Waals surface area (Å²) in [7, 11) is 0. The van der Waals surface area contributed by atoms with Crippen LogP contribution in [0.15, 0.2) is 29.6 Å². The minimum Gasteiger partial charge on any atom is -0.340 e. The van der Waals surface area contributed by atoms with Crippen LogP contribution in [-0.2, 0) is 11.2 Å². The van der Waals surface area contributed by atoms with Gasteiger partial charge in [-0.05, 0) is 19.1 Å². The van der Waals surface area contributed by atoms with Crippen molar-refractivity contribution < 1.29 is 9.18 Å². The Morgan fingerprint density at radius 2 is 2.25 bits per heavy atom. The van der Waals surface area contributed by atoms with E-state index in [2.05, 4.69) is 17.2 Å². The van der Waals surface area contributed by atoms with Gasteiger partial charge in [0.25, 0.3) is 0 Å². The summed E-state index contributed by atoms with van der Waals surface area (Å²) in [5, 5.41) is 5.94. The number of carbonyl (C=O) groups is 1. The third kappa shape index (κ3) is 5.14. The Morgan fingerprint density at radius 1 is 1.46 bits per heavy atom. The minimum atomic E-state index is -0.278. The molecule has 1 aliphatic heterocycles. The van der Waals surface area contributed by atoms with Crippen molar-refractivity contribution in [2.24, 2.45) is 0 Å². The minimum absolute atomic E-state index is 0. The first-order chi connectivity index (χ1) is 10.6. The van der Waals surface area contributed by atoms with Crippen LogP contribution in [0.3, 0.4) is 0 Å².